The normalized spacial score (nSPS) is 17.4. The van der Waals surface area contributed by atoms with E-state index >= 15 is 0 Å². The van der Waals surface area contributed by atoms with Crippen LogP contribution in [0.2, 0.25) is 0 Å². The highest BCUT2D eigenvalue weighted by Crippen LogP contribution is 2.18. The van der Waals surface area contributed by atoms with Crippen LogP contribution >= 0.6 is 0 Å². The average molecular weight is 278 g/mol. The maximum absolute atomic E-state index is 12.2. The summed E-state index contributed by atoms with van der Waals surface area (Å²) in [5.74, 6) is -0.970. The Morgan fingerprint density at radius 2 is 1.95 bits per heavy atom. The second-order valence-electron chi connectivity index (χ2n) is 5.66. The lowest BCUT2D eigenvalue weighted by atomic mass is 10.1. The molecular weight excluding hydrogens is 256 g/mol. The third kappa shape index (κ3) is 2.77. The number of pyridine rings is 1. The molecule has 5 nitrogen and oxygen atoms in total. The molecule has 20 heavy (non-hydrogen) atoms. The standard InChI is InChI=1S/C15H22N2O3/c1-10-8-13(18)17(12(3)14(10)15(19)20)11(2)9-16-6-4-5-7-16/h8,11H,4-7,9H2,1-3H3,(H,19,20). The molecule has 0 bridgehead atoms. The molecule has 2 rings (SSSR count). The van der Waals surface area contributed by atoms with Crippen LogP contribution in [-0.2, 0) is 0 Å². The third-order valence-corrected chi connectivity index (χ3v) is 4.07. The number of hydrogen-bond acceptors (Lipinski definition) is 3. The van der Waals surface area contributed by atoms with E-state index < -0.39 is 5.97 Å². The molecule has 110 valence electrons. The molecule has 1 saturated heterocycles. The molecule has 1 N–H and O–H groups in total. The van der Waals surface area contributed by atoms with E-state index in [1.54, 1.807) is 18.4 Å². The molecule has 1 atom stereocenters. The van der Waals surface area contributed by atoms with Crippen molar-refractivity contribution in [1.82, 2.24) is 9.47 Å². The average Bonchev–Trinajstić information content (AvgIpc) is 2.79. The zero-order valence-corrected chi connectivity index (χ0v) is 12.3. The van der Waals surface area contributed by atoms with Crippen molar-refractivity contribution in [2.45, 2.75) is 39.7 Å². The molecule has 1 unspecified atom stereocenters. The zero-order chi connectivity index (χ0) is 14.9. The minimum absolute atomic E-state index is 0.0145. The summed E-state index contributed by atoms with van der Waals surface area (Å²) in [6.07, 6.45) is 2.41. The van der Waals surface area contributed by atoms with Gasteiger partial charge in [0.1, 0.15) is 0 Å². The van der Waals surface area contributed by atoms with E-state index in [1.165, 1.54) is 18.9 Å². The highest BCUT2D eigenvalue weighted by atomic mass is 16.4. The van der Waals surface area contributed by atoms with Crippen molar-refractivity contribution in [3.63, 3.8) is 0 Å². The smallest absolute Gasteiger partial charge is 0.337 e. The van der Waals surface area contributed by atoms with E-state index in [1.807, 2.05) is 6.92 Å². The minimum atomic E-state index is -0.970. The Morgan fingerprint density at radius 3 is 2.50 bits per heavy atom. The highest BCUT2D eigenvalue weighted by molar-refractivity contribution is 5.90. The summed E-state index contributed by atoms with van der Waals surface area (Å²) in [6.45, 7) is 8.30. The van der Waals surface area contributed by atoms with Crippen molar-refractivity contribution < 1.29 is 9.90 Å². The molecule has 0 aliphatic carbocycles. The van der Waals surface area contributed by atoms with Gasteiger partial charge in [-0.05, 0) is 52.3 Å². The van der Waals surface area contributed by atoms with Gasteiger partial charge in [-0.15, -0.1) is 0 Å². The summed E-state index contributed by atoms with van der Waals surface area (Å²) >= 11 is 0. The fourth-order valence-electron chi connectivity index (χ4n) is 3.19. The molecule has 5 heteroatoms. The predicted octanol–water partition coefficient (Wildman–Crippen LogP) is 1.82. The molecule has 0 spiro atoms. The van der Waals surface area contributed by atoms with Gasteiger partial charge < -0.3 is 14.6 Å². The number of aromatic carboxylic acids is 1. The van der Waals surface area contributed by atoms with Crippen LogP contribution in [-0.4, -0.2) is 40.2 Å². The van der Waals surface area contributed by atoms with Crippen LogP contribution < -0.4 is 5.56 Å². The Morgan fingerprint density at radius 1 is 1.35 bits per heavy atom. The van der Waals surface area contributed by atoms with E-state index in [4.69, 9.17) is 0 Å². The van der Waals surface area contributed by atoms with Crippen molar-refractivity contribution >= 4 is 5.97 Å². The first-order chi connectivity index (χ1) is 9.41. The van der Waals surface area contributed by atoms with Gasteiger partial charge in [-0.25, -0.2) is 4.79 Å². The number of aryl methyl sites for hydroxylation is 1. The number of likely N-dealkylation sites (tertiary alicyclic amines) is 1. The molecule has 1 aliphatic rings. The van der Waals surface area contributed by atoms with Crippen LogP contribution in [0.1, 0.15) is 47.4 Å². The van der Waals surface area contributed by atoms with Gasteiger partial charge in [-0.2, -0.15) is 0 Å². The Hall–Kier alpha value is -1.62. The van der Waals surface area contributed by atoms with Crippen molar-refractivity contribution in [3.8, 4) is 0 Å². The SMILES string of the molecule is Cc1cc(=O)n(C(C)CN2CCCC2)c(C)c1C(=O)O. The van der Waals surface area contributed by atoms with Crippen molar-refractivity contribution in [3.05, 3.63) is 33.2 Å². The van der Waals surface area contributed by atoms with Crippen LogP contribution in [0.4, 0.5) is 0 Å². The summed E-state index contributed by atoms with van der Waals surface area (Å²) in [6, 6.07) is 1.41. The monoisotopic (exact) mass is 278 g/mol. The van der Waals surface area contributed by atoms with Crippen LogP contribution in [0.5, 0.6) is 0 Å². The number of aromatic nitrogens is 1. The van der Waals surface area contributed by atoms with E-state index in [0.717, 1.165) is 19.6 Å². The largest absolute Gasteiger partial charge is 0.478 e. The van der Waals surface area contributed by atoms with E-state index in [0.29, 0.717) is 11.3 Å². The number of carboxylic acid groups (broad SMARTS) is 1. The fraction of sp³-hybridized carbons (Fsp3) is 0.600. The Bertz CT molecular complexity index is 571. The number of carboxylic acids is 1. The summed E-state index contributed by atoms with van der Waals surface area (Å²) in [5.41, 5.74) is 1.22. The topological polar surface area (TPSA) is 62.5 Å². The minimum Gasteiger partial charge on any atom is -0.478 e. The lowest BCUT2D eigenvalue weighted by Gasteiger charge is -2.25. The third-order valence-electron chi connectivity index (χ3n) is 4.07. The van der Waals surface area contributed by atoms with Gasteiger partial charge in [-0.1, -0.05) is 0 Å². The second kappa shape index (κ2) is 5.79. The van der Waals surface area contributed by atoms with Gasteiger partial charge in [0.2, 0.25) is 0 Å². The van der Waals surface area contributed by atoms with Gasteiger partial charge in [0.25, 0.3) is 5.56 Å². The zero-order valence-electron chi connectivity index (χ0n) is 12.3. The lowest BCUT2D eigenvalue weighted by molar-refractivity contribution is 0.0693. The molecule has 0 amide bonds. The Balaban J connectivity index is 2.37. The number of hydrogen-bond donors (Lipinski definition) is 1. The van der Waals surface area contributed by atoms with Crippen LogP contribution in [0.3, 0.4) is 0 Å². The second-order valence-corrected chi connectivity index (χ2v) is 5.66. The molecular formula is C15H22N2O3. The first-order valence-electron chi connectivity index (χ1n) is 7.10. The number of nitrogens with zero attached hydrogens (tertiary/aromatic N) is 2. The van der Waals surface area contributed by atoms with Gasteiger partial charge >= 0.3 is 5.97 Å². The molecule has 1 aliphatic heterocycles. The quantitative estimate of drug-likeness (QED) is 0.912. The molecule has 1 aromatic heterocycles. The lowest BCUT2D eigenvalue weighted by Crippen LogP contribution is -2.34. The van der Waals surface area contributed by atoms with Gasteiger partial charge in [-0.3, -0.25) is 4.79 Å². The van der Waals surface area contributed by atoms with Crippen molar-refractivity contribution in [1.29, 1.82) is 0 Å². The van der Waals surface area contributed by atoms with Gasteiger partial charge in [0, 0.05) is 24.3 Å². The van der Waals surface area contributed by atoms with E-state index in [-0.39, 0.29) is 17.2 Å². The first kappa shape index (κ1) is 14.8. The summed E-state index contributed by atoms with van der Waals surface area (Å²) < 4.78 is 1.62. The summed E-state index contributed by atoms with van der Waals surface area (Å²) in [7, 11) is 0. The highest BCUT2D eigenvalue weighted by Gasteiger charge is 2.21. The fourth-order valence-corrected chi connectivity index (χ4v) is 3.19. The summed E-state index contributed by atoms with van der Waals surface area (Å²) in [5, 5.41) is 9.30. The molecule has 0 radical (unpaired) electrons. The maximum atomic E-state index is 12.2. The molecule has 0 saturated carbocycles. The Labute approximate surface area is 118 Å². The number of carbonyl (C=O) groups is 1. The first-order valence-corrected chi connectivity index (χ1v) is 7.10. The summed E-state index contributed by atoms with van der Waals surface area (Å²) in [4.78, 5) is 25.9. The molecule has 1 aromatic rings. The van der Waals surface area contributed by atoms with Gasteiger partial charge in [0.15, 0.2) is 0 Å². The van der Waals surface area contributed by atoms with Crippen molar-refractivity contribution in [2.24, 2.45) is 0 Å². The Kier molecular flexibility index (Phi) is 4.28. The molecule has 1 fully saturated rings. The van der Waals surface area contributed by atoms with Crippen LogP contribution in [0, 0.1) is 13.8 Å². The van der Waals surface area contributed by atoms with Crippen molar-refractivity contribution in [2.75, 3.05) is 19.6 Å². The van der Waals surface area contributed by atoms with E-state index in [2.05, 4.69) is 4.90 Å². The number of rotatable bonds is 4. The van der Waals surface area contributed by atoms with Crippen LogP contribution in [0.15, 0.2) is 10.9 Å². The maximum Gasteiger partial charge on any atom is 0.337 e. The van der Waals surface area contributed by atoms with Crippen LogP contribution in [0.25, 0.3) is 0 Å². The van der Waals surface area contributed by atoms with E-state index in [9.17, 15) is 14.7 Å². The molecule has 0 aromatic carbocycles. The molecule has 2 heterocycles. The van der Waals surface area contributed by atoms with Gasteiger partial charge in [0.05, 0.1) is 5.56 Å². The predicted molar refractivity (Wildman–Crippen MR) is 77.5 cm³/mol.